The number of hydrogen-bond acceptors (Lipinski definition) is 5. The monoisotopic (exact) mass is 265 g/mol. The normalized spacial score (nSPS) is 10.9. The molecule has 1 aromatic carbocycles. The summed E-state index contributed by atoms with van der Waals surface area (Å²) in [5.74, 6) is -1.68. The Labute approximate surface area is 110 Å². The Morgan fingerprint density at radius 2 is 2.00 bits per heavy atom. The summed E-state index contributed by atoms with van der Waals surface area (Å²) in [5.41, 5.74) is 0.395. The van der Waals surface area contributed by atoms with Crippen molar-refractivity contribution in [2.75, 3.05) is 6.61 Å². The van der Waals surface area contributed by atoms with E-state index in [2.05, 4.69) is 5.32 Å². The van der Waals surface area contributed by atoms with Crippen molar-refractivity contribution in [3.63, 3.8) is 0 Å². The van der Waals surface area contributed by atoms with Crippen molar-refractivity contribution in [3.05, 3.63) is 29.5 Å². The Bertz CT molecular complexity index is 522. The van der Waals surface area contributed by atoms with Crippen molar-refractivity contribution in [3.8, 4) is 11.5 Å². The summed E-state index contributed by atoms with van der Waals surface area (Å²) in [5, 5.41) is 20.9. The lowest BCUT2D eigenvalue weighted by Crippen LogP contribution is -2.26. The molecule has 1 rings (SSSR count). The molecule has 0 aliphatic rings. The number of carbonyl (C=O) groups excluding carboxylic acids is 2. The average molecular weight is 265 g/mol. The van der Waals surface area contributed by atoms with E-state index < -0.39 is 11.9 Å². The standard InChI is InChI=1S/C13H15NO5/c1-3-19-13(18)10(14-8(2)15)6-9-4-5-11(16)12(17)7-9/h4-7,16-17H,3H2,1-2H3,(H,14,15)/b10-6-. The molecule has 1 aromatic rings. The number of amides is 1. The number of nitrogens with one attached hydrogen (secondary N) is 1. The van der Waals surface area contributed by atoms with Crippen LogP contribution in [0.5, 0.6) is 11.5 Å². The van der Waals surface area contributed by atoms with E-state index >= 15 is 0 Å². The highest BCUT2D eigenvalue weighted by atomic mass is 16.5. The predicted molar refractivity (Wildman–Crippen MR) is 68.2 cm³/mol. The van der Waals surface area contributed by atoms with Gasteiger partial charge in [0.25, 0.3) is 0 Å². The molecule has 0 unspecified atom stereocenters. The van der Waals surface area contributed by atoms with Crippen LogP contribution < -0.4 is 5.32 Å². The second-order valence-electron chi connectivity index (χ2n) is 3.71. The third kappa shape index (κ3) is 4.34. The number of hydrogen-bond donors (Lipinski definition) is 3. The van der Waals surface area contributed by atoms with E-state index in [0.717, 1.165) is 0 Å². The lowest BCUT2D eigenvalue weighted by molar-refractivity contribution is -0.139. The van der Waals surface area contributed by atoms with Gasteiger partial charge in [-0.15, -0.1) is 0 Å². The summed E-state index contributed by atoms with van der Waals surface area (Å²) >= 11 is 0. The predicted octanol–water partition coefficient (Wildman–Crippen LogP) is 1.14. The number of carbonyl (C=O) groups is 2. The molecule has 0 aliphatic heterocycles. The summed E-state index contributed by atoms with van der Waals surface area (Å²) in [4.78, 5) is 22.6. The average Bonchev–Trinajstić information content (AvgIpc) is 2.33. The van der Waals surface area contributed by atoms with Crippen LogP contribution in [0, 0.1) is 0 Å². The van der Waals surface area contributed by atoms with Crippen LogP contribution >= 0.6 is 0 Å². The number of esters is 1. The lowest BCUT2D eigenvalue weighted by atomic mass is 10.1. The van der Waals surface area contributed by atoms with Gasteiger partial charge in [-0.25, -0.2) is 4.79 Å². The molecular weight excluding hydrogens is 250 g/mol. The molecule has 0 bridgehead atoms. The third-order valence-electron chi connectivity index (χ3n) is 2.12. The van der Waals surface area contributed by atoms with Crippen molar-refractivity contribution >= 4 is 18.0 Å². The maximum absolute atomic E-state index is 11.6. The highest BCUT2D eigenvalue weighted by Crippen LogP contribution is 2.25. The zero-order chi connectivity index (χ0) is 14.4. The smallest absolute Gasteiger partial charge is 0.354 e. The topological polar surface area (TPSA) is 95.9 Å². The molecule has 0 heterocycles. The minimum atomic E-state index is -0.676. The molecule has 0 aromatic heterocycles. The van der Waals surface area contributed by atoms with Gasteiger partial charge in [-0.2, -0.15) is 0 Å². The van der Waals surface area contributed by atoms with Crippen LogP contribution in [-0.4, -0.2) is 28.7 Å². The quantitative estimate of drug-likeness (QED) is 0.431. The van der Waals surface area contributed by atoms with Gasteiger partial charge in [0.15, 0.2) is 11.5 Å². The maximum atomic E-state index is 11.6. The fourth-order valence-electron chi connectivity index (χ4n) is 1.34. The van der Waals surface area contributed by atoms with Crippen LogP contribution in [-0.2, 0) is 14.3 Å². The van der Waals surface area contributed by atoms with Crippen LogP contribution in [0.2, 0.25) is 0 Å². The molecule has 0 saturated heterocycles. The molecule has 0 saturated carbocycles. The fraction of sp³-hybridized carbons (Fsp3) is 0.231. The molecule has 3 N–H and O–H groups in total. The van der Waals surface area contributed by atoms with E-state index in [1.165, 1.54) is 31.2 Å². The van der Waals surface area contributed by atoms with Crippen LogP contribution in [0.1, 0.15) is 19.4 Å². The van der Waals surface area contributed by atoms with Crippen molar-refractivity contribution in [2.45, 2.75) is 13.8 Å². The van der Waals surface area contributed by atoms with Gasteiger partial charge in [0, 0.05) is 6.92 Å². The van der Waals surface area contributed by atoms with Gasteiger partial charge < -0.3 is 20.3 Å². The zero-order valence-electron chi connectivity index (χ0n) is 10.6. The molecule has 19 heavy (non-hydrogen) atoms. The molecule has 0 spiro atoms. The first kappa shape index (κ1) is 14.6. The fourth-order valence-corrected chi connectivity index (χ4v) is 1.34. The number of phenolic OH excluding ortho intramolecular Hbond substituents is 2. The highest BCUT2D eigenvalue weighted by molar-refractivity contribution is 5.97. The maximum Gasteiger partial charge on any atom is 0.354 e. The largest absolute Gasteiger partial charge is 0.504 e. The number of phenols is 2. The van der Waals surface area contributed by atoms with Gasteiger partial charge in [0.1, 0.15) is 5.70 Å². The molecule has 0 aliphatic carbocycles. The Morgan fingerprint density at radius 1 is 1.32 bits per heavy atom. The number of rotatable bonds is 4. The van der Waals surface area contributed by atoms with Crippen LogP contribution in [0.25, 0.3) is 6.08 Å². The Morgan fingerprint density at radius 3 is 2.53 bits per heavy atom. The molecule has 102 valence electrons. The SMILES string of the molecule is CCOC(=O)/C(=C/c1ccc(O)c(O)c1)NC(C)=O. The van der Waals surface area contributed by atoms with Crippen molar-refractivity contribution in [1.29, 1.82) is 0 Å². The minimum Gasteiger partial charge on any atom is -0.504 e. The van der Waals surface area contributed by atoms with E-state index in [4.69, 9.17) is 4.74 Å². The van der Waals surface area contributed by atoms with E-state index in [9.17, 15) is 19.8 Å². The molecule has 0 atom stereocenters. The van der Waals surface area contributed by atoms with E-state index in [1.54, 1.807) is 6.92 Å². The van der Waals surface area contributed by atoms with E-state index in [-0.39, 0.29) is 23.8 Å². The second kappa shape index (κ2) is 6.44. The molecular formula is C13H15NO5. The second-order valence-corrected chi connectivity index (χ2v) is 3.71. The van der Waals surface area contributed by atoms with Crippen LogP contribution in [0.15, 0.2) is 23.9 Å². The lowest BCUT2D eigenvalue weighted by Gasteiger charge is -2.07. The molecule has 1 amide bonds. The van der Waals surface area contributed by atoms with Crippen molar-refractivity contribution < 1.29 is 24.5 Å². The first-order valence-electron chi connectivity index (χ1n) is 5.62. The molecule has 0 radical (unpaired) electrons. The first-order valence-corrected chi connectivity index (χ1v) is 5.62. The van der Waals surface area contributed by atoms with E-state index in [0.29, 0.717) is 5.56 Å². The zero-order valence-corrected chi connectivity index (χ0v) is 10.6. The minimum absolute atomic E-state index is 0.0422. The van der Waals surface area contributed by atoms with Gasteiger partial charge >= 0.3 is 5.97 Å². The summed E-state index contributed by atoms with van der Waals surface area (Å²) in [6.45, 7) is 3.09. The Kier molecular flexibility index (Phi) is 4.93. The van der Waals surface area contributed by atoms with Crippen LogP contribution in [0.4, 0.5) is 0 Å². The molecule has 6 nitrogen and oxygen atoms in total. The summed E-state index contributed by atoms with van der Waals surface area (Å²) < 4.78 is 4.80. The summed E-state index contributed by atoms with van der Waals surface area (Å²) in [7, 11) is 0. The summed E-state index contributed by atoms with van der Waals surface area (Å²) in [6, 6.07) is 4.02. The molecule has 6 heteroatoms. The van der Waals surface area contributed by atoms with Gasteiger partial charge in [-0.05, 0) is 30.7 Å². The highest BCUT2D eigenvalue weighted by Gasteiger charge is 2.12. The van der Waals surface area contributed by atoms with Gasteiger partial charge in [0.2, 0.25) is 5.91 Å². The molecule has 0 fully saturated rings. The third-order valence-corrected chi connectivity index (χ3v) is 2.12. The number of benzene rings is 1. The van der Waals surface area contributed by atoms with Gasteiger partial charge in [0.05, 0.1) is 6.61 Å². The Balaban J connectivity index is 3.07. The van der Waals surface area contributed by atoms with Gasteiger partial charge in [-0.1, -0.05) is 6.07 Å². The van der Waals surface area contributed by atoms with E-state index in [1.807, 2.05) is 0 Å². The van der Waals surface area contributed by atoms with Gasteiger partial charge in [-0.3, -0.25) is 4.79 Å². The van der Waals surface area contributed by atoms with Crippen LogP contribution in [0.3, 0.4) is 0 Å². The first-order chi connectivity index (χ1) is 8.93. The Hall–Kier alpha value is -2.50. The number of ether oxygens (including phenoxy) is 1. The van der Waals surface area contributed by atoms with Crippen molar-refractivity contribution in [2.24, 2.45) is 0 Å². The summed E-state index contributed by atoms with van der Waals surface area (Å²) in [6.07, 6.45) is 1.35. The number of aromatic hydroxyl groups is 2. The van der Waals surface area contributed by atoms with Crippen molar-refractivity contribution in [1.82, 2.24) is 5.32 Å².